The lowest BCUT2D eigenvalue weighted by molar-refractivity contribution is 0.574. The summed E-state index contributed by atoms with van der Waals surface area (Å²) < 4.78 is 70.6. The second-order valence-electron chi connectivity index (χ2n) is 6.22. The van der Waals surface area contributed by atoms with Crippen LogP contribution in [0, 0.1) is 40.9 Å². The maximum Gasteiger partial charge on any atom is 0.153 e. The molecule has 3 aromatic carbocycles. The number of thiocarbonyl (C=S) groups is 1. The Balaban J connectivity index is 1.97. The average Bonchev–Trinajstić information content (AvgIpc) is 2.69. The van der Waals surface area contributed by atoms with Gasteiger partial charge in [-0.25, -0.2) is 22.0 Å². The lowest BCUT2D eigenvalue weighted by Gasteiger charge is -2.06. The number of benzene rings is 3. The van der Waals surface area contributed by atoms with Crippen molar-refractivity contribution in [1.82, 2.24) is 0 Å². The van der Waals surface area contributed by atoms with E-state index in [1.807, 2.05) is 5.16 Å². The van der Waals surface area contributed by atoms with Gasteiger partial charge in [0.25, 0.3) is 0 Å². The quantitative estimate of drug-likeness (QED) is 0.194. The van der Waals surface area contributed by atoms with Gasteiger partial charge in [-0.2, -0.15) is 4.99 Å². The van der Waals surface area contributed by atoms with Crippen molar-refractivity contribution in [2.45, 2.75) is 13.3 Å². The van der Waals surface area contributed by atoms with Crippen LogP contribution in [-0.2, 0) is 6.42 Å². The summed E-state index contributed by atoms with van der Waals surface area (Å²) >= 11 is 4.33. The van der Waals surface area contributed by atoms with Crippen LogP contribution in [-0.4, -0.2) is 5.16 Å². The standard InChI is InChI=1S/C23H12F5NS/c1-2-13-7-19(25)17(20(26)8-13)6-4-14-3-5-16(18(24)9-14)15-10-21(27)23(29-12-30)22(28)11-15/h3,5,7-11H,2H2,1H3. The summed E-state index contributed by atoms with van der Waals surface area (Å²) in [4.78, 5) is 3.30. The number of hydrogen-bond acceptors (Lipinski definition) is 2. The van der Waals surface area contributed by atoms with Gasteiger partial charge in [0.1, 0.15) is 23.1 Å². The number of aryl methyl sites for hydroxylation is 1. The Morgan fingerprint density at radius 2 is 1.43 bits per heavy atom. The number of nitrogens with zero attached hydrogens (tertiary/aromatic N) is 1. The Bertz CT molecular complexity index is 1200. The second kappa shape index (κ2) is 9.00. The Labute approximate surface area is 174 Å². The molecule has 0 spiro atoms. The van der Waals surface area contributed by atoms with Crippen LogP contribution in [0.2, 0.25) is 0 Å². The van der Waals surface area contributed by atoms with Crippen LogP contribution in [0.5, 0.6) is 0 Å². The van der Waals surface area contributed by atoms with Crippen LogP contribution in [0.3, 0.4) is 0 Å². The highest BCUT2D eigenvalue weighted by Gasteiger charge is 2.14. The van der Waals surface area contributed by atoms with Gasteiger partial charge in [0.15, 0.2) is 11.6 Å². The molecule has 0 bridgehead atoms. The highest BCUT2D eigenvalue weighted by molar-refractivity contribution is 7.78. The van der Waals surface area contributed by atoms with Gasteiger partial charge in [-0.05, 0) is 66.2 Å². The molecule has 30 heavy (non-hydrogen) atoms. The first kappa shape index (κ1) is 21.4. The van der Waals surface area contributed by atoms with Gasteiger partial charge in [0, 0.05) is 11.1 Å². The summed E-state index contributed by atoms with van der Waals surface area (Å²) in [6.07, 6.45) is 0.467. The first-order valence-corrected chi connectivity index (χ1v) is 9.11. The topological polar surface area (TPSA) is 12.4 Å². The molecule has 0 aromatic heterocycles. The van der Waals surface area contributed by atoms with E-state index in [0.29, 0.717) is 12.0 Å². The lowest BCUT2D eigenvalue weighted by atomic mass is 10.0. The zero-order chi connectivity index (χ0) is 21.8. The molecule has 0 aliphatic rings. The van der Waals surface area contributed by atoms with E-state index < -0.39 is 40.3 Å². The molecule has 0 fully saturated rings. The van der Waals surface area contributed by atoms with Gasteiger partial charge < -0.3 is 0 Å². The third-order valence-electron chi connectivity index (χ3n) is 4.30. The molecule has 0 radical (unpaired) electrons. The fourth-order valence-electron chi connectivity index (χ4n) is 2.78. The van der Waals surface area contributed by atoms with Gasteiger partial charge in [-0.3, -0.25) is 0 Å². The van der Waals surface area contributed by atoms with E-state index in [9.17, 15) is 22.0 Å². The molecule has 3 rings (SSSR count). The molecule has 0 aliphatic heterocycles. The number of isothiocyanates is 1. The minimum atomic E-state index is -1.02. The van der Waals surface area contributed by atoms with Crippen molar-refractivity contribution in [2.24, 2.45) is 4.99 Å². The van der Waals surface area contributed by atoms with Crippen LogP contribution in [0.4, 0.5) is 27.6 Å². The summed E-state index contributed by atoms with van der Waals surface area (Å²) in [6, 6.07) is 7.87. The van der Waals surface area contributed by atoms with Crippen molar-refractivity contribution in [1.29, 1.82) is 0 Å². The SMILES string of the molecule is CCc1cc(F)c(C#Cc2ccc(-c3cc(F)c(N=C=S)c(F)c3)c(F)c2)c(F)c1. The van der Waals surface area contributed by atoms with Crippen LogP contribution in [0.15, 0.2) is 47.5 Å². The number of aliphatic imine (C=N–C) groups is 1. The van der Waals surface area contributed by atoms with Crippen molar-refractivity contribution < 1.29 is 22.0 Å². The maximum absolute atomic E-state index is 14.5. The van der Waals surface area contributed by atoms with Crippen molar-refractivity contribution in [2.75, 3.05) is 0 Å². The minimum absolute atomic E-state index is 0.0578. The lowest BCUT2D eigenvalue weighted by Crippen LogP contribution is -1.94. The van der Waals surface area contributed by atoms with Gasteiger partial charge in [0.05, 0.1) is 10.7 Å². The summed E-state index contributed by atoms with van der Waals surface area (Å²) in [6.45, 7) is 1.76. The first-order chi connectivity index (χ1) is 14.3. The summed E-state index contributed by atoms with van der Waals surface area (Å²) in [7, 11) is 0. The second-order valence-corrected chi connectivity index (χ2v) is 6.41. The molecular weight excluding hydrogens is 417 g/mol. The average molecular weight is 429 g/mol. The monoisotopic (exact) mass is 429 g/mol. The fraction of sp³-hybridized carbons (Fsp3) is 0.0870. The Hall–Kier alpha value is -3.33. The van der Waals surface area contributed by atoms with E-state index in [-0.39, 0.29) is 16.7 Å². The van der Waals surface area contributed by atoms with E-state index in [1.165, 1.54) is 24.3 Å². The third kappa shape index (κ3) is 4.46. The zero-order valence-electron chi connectivity index (χ0n) is 15.5. The molecule has 0 heterocycles. The van der Waals surface area contributed by atoms with E-state index in [0.717, 1.165) is 18.2 Å². The predicted octanol–water partition coefficient (Wildman–Crippen LogP) is 6.75. The van der Waals surface area contributed by atoms with Crippen molar-refractivity contribution in [3.63, 3.8) is 0 Å². The molecule has 0 atom stereocenters. The van der Waals surface area contributed by atoms with E-state index in [2.05, 4.69) is 29.1 Å². The van der Waals surface area contributed by atoms with Crippen molar-refractivity contribution in [3.05, 3.63) is 88.2 Å². The molecule has 0 unspecified atom stereocenters. The highest BCUT2D eigenvalue weighted by Crippen LogP contribution is 2.30. The summed E-state index contributed by atoms with van der Waals surface area (Å²) in [5.74, 6) is 0.392. The Morgan fingerprint density at radius 1 is 0.800 bits per heavy atom. The molecule has 0 aliphatic carbocycles. The molecule has 0 saturated carbocycles. The fourth-order valence-corrected chi connectivity index (χ4v) is 2.88. The van der Waals surface area contributed by atoms with Crippen molar-refractivity contribution >= 4 is 23.1 Å². The van der Waals surface area contributed by atoms with Crippen LogP contribution >= 0.6 is 12.2 Å². The highest BCUT2D eigenvalue weighted by atomic mass is 32.1. The number of halogens is 5. The Morgan fingerprint density at radius 3 is 1.97 bits per heavy atom. The zero-order valence-corrected chi connectivity index (χ0v) is 16.3. The molecule has 0 N–H and O–H groups in total. The Kier molecular flexibility index (Phi) is 6.41. The number of rotatable bonds is 3. The van der Waals surface area contributed by atoms with Crippen LogP contribution < -0.4 is 0 Å². The van der Waals surface area contributed by atoms with E-state index in [1.54, 1.807) is 6.92 Å². The molecule has 7 heteroatoms. The van der Waals surface area contributed by atoms with Gasteiger partial charge in [-0.15, -0.1) is 0 Å². The predicted molar refractivity (Wildman–Crippen MR) is 108 cm³/mol. The molecule has 3 aromatic rings. The summed E-state index contributed by atoms with van der Waals surface area (Å²) in [5, 5.41) is 1.87. The van der Waals surface area contributed by atoms with Gasteiger partial charge >= 0.3 is 0 Å². The largest absolute Gasteiger partial charge is 0.206 e. The van der Waals surface area contributed by atoms with Gasteiger partial charge in [-0.1, -0.05) is 24.8 Å². The third-order valence-corrected chi connectivity index (χ3v) is 4.39. The van der Waals surface area contributed by atoms with Gasteiger partial charge in [0.2, 0.25) is 0 Å². The molecule has 0 saturated heterocycles. The van der Waals surface area contributed by atoms with E-state index in [4.69, 9.17) is 0 Å². The molecule has 1 nitrogen and oxygen atoms in total. The van der Waals surface area contributed by atoms with Crippen LogP contribution in [0.25, 0.3) is 11.1 Å². The first-order valence-electron chi connectivity index (χ1n) is 8.70. The summed E-state index contributed by atoms with van der Waals surface area (Å²) in [5.41, 5.74) is -0.547. The van der Waals surface area contributed by atoms with E-state index >= 15 is 0 Å². The minimum Gasteiger partial charge on any atom is -0.206 e. The van der Waals surface area contributed by atoms with Crippen LogP contribution in [0.1, 0.15) is 23.6 Å². The maximum atomic E-state index is 14.5. The molecule has 0 amide bonds. The smallest absolute Gasteiger partial charge is 0.153 e. The normalized spacial score (nSPS) is 10.2. The number of hydrogen-bond donors (Lipinski definition) is 0. The molecule has 150 valence electrons. The van der Waals surface area contributed by atoms with Crippen molar-refractivity contribution in [3.8, 4) is 23.0 Å². The molecular formula is C23H12F5NS.